The smallest absolute Gasteiger partial charge is 0.225 e. The van der Waals surface area contributed by atoms with E-state index in [1.165, 1.54) is 13.1 Å². The fourth-order valence-corrected chi connectivity index (χ4v) is 4.16. The molecule has 35 heavy (non-hydrogen) atoms. The number of para-hydroxylation sites is 1. The molecule has 1 heterocycles. The van der Waals surface area contributed by atoms with Crippen molar-refractivity contribution in [3.05, 3.63) is 106 Å². The second kappa shape index (κ2) is 10.8. The van der Waals surface area contributed by atoms with Crippen LogP contribution in [0.1, 0.15) is 37.4 Å². The van der Waals surface area contributed by atoms with E-state index in [4.69, 9.17) is 0 Å². The Hall–Kier alpha value is -4.26. The van der Waals surface area contributed by atoms with E-state index < -0.39 is 0 Å². The van der Waals surface area contributed by atoms with Crippen LogP contribution in [0.4, 0.5) is 5.69 Å². The van der Waals surface area contributed by atoms with Gasteiger partial charge >= 0.3 is 0 Å². The zero-order valence-corrected chi connectivity index (χ0v) is 19.8. The number of anilines is 1. The van der Waals surface area contributed by atoms with Crippen LogP contribution in [0.25, 0.3) is 10.9 Å². The van der Waals surface area contributed by atoms with Gasteiger partial charge in [-0.3, -0.25) is 19.1 Å². The highest BCUT2D eigenvalue weighted by atomic mass is 16.2. The van der Waals surface area contributed by atoms with Crippen LogP contribution in [0.5, 0.6) is 0 Å². The predicted octanol–water partition coefficient (Wildman–Crippen LogP) is 4.54. The van der Waals surface area contributed by atoms with Crippen LogP contribution in [-0.2, 0) is 22.7 Å². The number of hydrogen-bond donors (Lipinski definition) is 1. The highest BCUT2D eigenvalue weighted by molar-refractivity contribution is 5.88. The van der Waals surface area contributed by atoms with E-state index in [1.807, 2.05) is 84.6 Å². The van der Waals surface area contributed by atoms with Gasteiger partial charge in [-0.05, 0) is 42.3 Å². The fourth-order valence-electron chi connectivity index (χ4n) is 4.16. The number of hydrogen-bond acceptors (Lipinski definition) is 4. The Morgan fingerprint density at radius 1 is 1.00 bits per heavy atom. The van der Waals surface area contributed by atoms with E-state index >= 15 is 0 Å². The summed E-state index contributed by atoms with van der Waals surface area (Å²) >= 11 is 0. The fraction of sp³-hybridized carbons (Fsp3) is 0.214. The largest absolute Gasteiger partial charge is 0.332 e. The van der Waals surface area contributed by atoms with E-state index in [9.17, 15) is 14.4 Å². The minimum Gasteiger partial charge on any atom is -0.332 e. The molecule has 2 amide bonds. The lowest BCUT2D eigenvalue weighted by atomic mass is 10.0. The van der Waals surface area contributed by atoms with Crippen LogP contribution < -0.4 is 10.7 Å². The van der Waals surface area contributed by atoms with Crippen molar-refractivity contribution < 1.29 is 9.59 Å². The molecule has 4 rings (SSSR count). The molecule has 0 aliphatic carbocycles. The van der Waals surface area contributed by atoms with Crippen molar-refractivity contribution >= 4 is 28.4 Å². The highest BCUT2D eigenvalue weighted by Gasteiger charge is 2.22. The first-order valence-electron chi connectivity index (χ1n) is 11.6. The molecule has 0 aliphatic rings. The lowest BCUT2D eigenvalue weighted by Gasteiger charge is -2.30. The number of aromatic nitrogens is 2. The summed E-state index contributed by atoms with van der Waals surface area (Å²) in [7, 11) is 0. The standard InChI is InChI=1S/C28H28N4O3/c1-20(23-11-8-12-24(17-23)30-21(2)33)31(19-22-9-4-3-5-10-22)28(35)15-16-32-26-14-7-6-13-25(26)27(34)18-29-32/h3-14,17-18,20H,15-16,19H2,1-2H3,(H,30,33). The van der Waals surface area contributed by atoms with Crippen LogP contribution >= 0.6 is 0 Å². The van der Waals surface area contributed by atoms with Gasteiger partial charge in [0.25, 0.3) is 0 Å². The summed E-state index contributed by atoms with van der Waals surface area (Å²) in [4.78, 5) is 39.0. The van der Waals surface area contributed by atoms with Gasteiger partial charge in [0.15, 0.2) is 0 Å². The Balaban J connectivity index is 1.59. The van der Waals surface area contributed by atoms with Crippen LogP contribution in [0.15, 0.2) is 89.9 Å². The minimum atomic E-state index is -0.227. The van der Waals surface area contributed by atoms with E-state index in [0.29, 0.717) is 29.7 Å². The van der Waals surface area contributed by atoms with E-state index in [1.54, 1.807) is 10.7 Å². The van der Waals surface area contributed by atoms with E-state index in [2.05, 4.69) is 10.4 Å². The topological polar surface area (TPSA) is 84.3 Å². The van der Waals surface area contributed by atoms with Gasteiger partial charge in [-0.15, -0.1) is 0 Å². The van der Waals surface area contributed by atoms with Crippen molar-refractivity contribution in [1.82, 2.24) is 14.7 Å². The Labute approximate surface area is 204 Å². The first-order valence-corrected chi connectivity index (χ1v) is 11.6. The maximum atomic E-state index is 13.6. The molecule has 0 fully saturated rings. The Morgan fingerprint density at radius 3 is 2.51 bits per heavy atom. The summed E-state index contributed by atoms with van der Waals surface area (Å²) in [6.07, 6.45) is 1.52. The molecule has 0 radical (unpaired) electrons. The molecular weight excluding hydrogens is 440 g/mol. The van der Waals surface area contributed by atoms with Gasteiger partial charge < -0.3 is 10.2 Å². The molecule has 0 saturated carbocycles. The number of aryl methyl sites for hydroxylation is 1. The molecule has 1 N–H and O–H groups in total. The lowest BCUT2D eigenvalue weighted by Crippen LogP contribution is -2.34. The number of nitrogens with one attached hydrogen (secondary N) is 1. The van der Waals surface area contributed by atoms with Gasteiger partial charge in [-0.1, -0.05) is 54.6 Å². The Bertz CT molecular complexity index is 1400. The third kappa shape index (κ3) is 5.81. The number of fused-ring (bicyclic) bond motifs is 1. The van der Waals surface area contributed by atoms with Crippen LogP contribution in [0.2, 0.25) is 0 Å². The molecular formula is C28H28N4O3. The third-order valence-corrected chi connectivity index (χ3v) is 5.97. The summed E-state index contributed by atoms with van der Waals surface area (Å²) in [5.41, 5.74) is 3.21. The normalized spacial score (nSPS) is 11.7. The summed E-state index contributed by atoms with van der Waals surface area (Å²) < 4.78 is 1.71. The number of rotatable bonds is 8. The van der Waals surface area contributed by atoms with Crippen molar-refractivity contribution in [3.8, 4) is 0 Å². The van der Waals surface area contributed by atoms with Gasteiger partial charge in [0.2, 0.25) is 17.2 Å². The predicted molar refractivity (Wildman–Crippen MR) is 137 cm³/mol. The Morgan fingerprint density at radius 2 is 1.74 bits per heavy atom. The molecule has 0 bridgehead atoms. The maximum absolute atomic E-state index is 13.6. The molecule has 178 valence electrons. The van der Waals surface area contributed by atoms with Gasteiger partial charge in [-0.25, -0.2) is 0 Å². The number of benzene rings is 3. The number of carbonyl (C=O) groups is 2. The summed E-state index contributed by atoms with van der Waals surface area (Å²) in [6, 6.07) is 24.5. The highest BCUT2D eigenvalue weighted by Crippen LogP contribution is 2.26. The molecule has 0 spiro atoms. The van der Waals surface area contributed by atoms with Crippen molar-refractivity contribution in [2.24, 2.45) is 0 Å². The number of nitrogens with zero attached hydrogens (tertiary/aromatic N) is 3. The van der Waals surface area contributed by atoms with Crippen LogP contribution in [-0.4, -0.2) is 26.5 Å². The number of amides is 2. The second-order valence-corrected chi connectivity index (χ2v) is 8.49. The van der Waals surface area contributed by atoms with Crippen molar-refractivity contribution in [2.45, 2.75) is 39.4 Å². The zero-order chi connectivity index (χ0) is 24.8. The second-order valence-electron chi connectivity index (χ2n) is 8.49. The lowest BCUT2D eigenvalue weighted by molar-refractivity contribution is -0.134. The van der Waals surface area contributed by atoms with Crippen molar-refractivity contribution in [1.29, 1.82) is 0 Å². The molecule has 4 aromatic rings. The molecule has 1 unspecified atom stereocenters. The van der Waals surface area contributed by atoms with E-state index in [-0.39, 0.29) is 29.7 Å². The summed E-state index contributed by atoms with van der Waals surface area (Å²) in [6.45, 7) is 4.25. The van der Waals surface area contributed by atoms with Gasteiger partial charge in [-0.2, -0.15) is 5.10 Å². The van der Waals surface area contributed by atoms with Gasteiger partial charge in [0.1, 0.15) is 0 Å². The van der Waals surface area contributed by atoms with Crippen molar-refractivity contribution in [2.75, 3.05) is 5.32 Å². The molecule has 7 nitrogen and oxygen atoms in total. The average Bonchev–Trinajstić information content (AvgIpc) is 2.87. The van der Waals surface area contributed by atoms with Crippen molar-refractivity contribution in [3.63, 3.8) is 0 Å². The minimum absolute atomic E-state index is 0.0316. The first kappa shape index (κ1) is 23.9. The molecule has 0 aliphatic heterocycles. The third-order valence-electron chi connectivity index (χ3n) is 5.97. The quantitative estimate of drug-likeness (QED) is 0.412. The zero-order valence-electron chi connectivity index (χ0n) is 19.8. The molecule has 7 heteroatoms. The van der Waals surface area contributed by atoms with Crippen LogP contribution in [0.3, 0.4) is 0 Å². The summed E-state index contributed by atoms with van der Waals surface area (Å²) in [5.74, 6) is -0.177. The Kier molecular flexibility index (Phi) is 7.35. The number of carbonyl (C=O) groups excluding carboxylic acids is 2. The molecule has 1 aromatic heterocycles. The van der Waals surface area contributed by atoms with Gasteiger partial charge in [0.05, 0.1) is 24.3 Å². The van der Waals surface area contributed by atoms with Gasteiger partial charge in [0, 0.05) is 31.0 Å². The van der Waals surface area contributed by atoms with E-state index in [0.717, 1.165) is 11.1 Å². The van der Waals surface area contributed by atoms with Crippen LogP contribution in [0, 0.1) is 0 Å². The monoisotopic (exact) mass is 468 g/mol. The SMILES string of the molecule is CC(=O)Nc1cccc(C(C)N(Cc2ccccc2)C(=O)CCn2ncc(=O)c3ccccc32)c1. The maximum Gasteiger partial charge on any atom is 0.225 e. The first-order chi connectivity index (χ1) is 16.9. The molecule has 3 aromatic carbocycles. The molecule has 1 atom stereocenters. The average molecular weight is 469 g/mol. The molecule has 0 saturated heterocycles. The summed E-state index contributed by atoms with van der Waals surface area (Å²) in [5, 5.41) is 7.65.